The third kappa shape index (κ3) is 8.00. The molecular weight excluding hydrogens is 394 g/mol. The van der Waals surface area contributed by atoms with Crippen LogP contribution < -0.4 is 10.6 Å². The average Bonchev–Trinajstić information content (AvgIpc) is 2.88. The fourth-order valence-corrected chi connectivity index (χ4v) is 2.73. The van der Waals surface area contributed by atoms with Crippen molar-refractivity contribution in [2.45, 2.75) is 85.4 Å². The quantitative estimate of drug-likeness (QED) is 0.563. The van der Waals surface area contributed by atoms with Gasteiger partial charge >= 0.3 is 12.1 Å². The number of hydrogen-bond acceptors (Lipinski definition) is 7. The summed E-state index contributed by atoms with van der Waals surface area (Å²) >= 11 is 0. The Hall–Kier alpha value is -2.65. The van der Waals surface area contributed by atoms with E-state index in [1.807, 2.05) is 13.8 Å². The molecule has 0 bridgehead atoms. The van der Waals surface area contributed by atoms with Gasteiger partial charge in [-0.1, -0.05) is 27.7 Å². The molecule has 0 aromatic carbocycles. The second kappa shape index (κ2) is 10.4. The number of ether oxygens (including phenoxy) is 1. The van der Waals surface area contributed by atoms with Crippen molar-refractivity contribution in [3.05, 3.63) is 0 Å². The van der Waals surface area contributed by atoms with Crippen LogP contribution in [0.1, 0.15) is 67.7 Å². The standard InChI is InChI=1S/C20H33N3O7/c1-11(2)10-13(18(27)30-23-14(24)8-9-15(23)25)21-17(26)16(12(3)4)22-19(28)29-20(5,6)7/h11-13,16H,8-10H2,1-7H3,(H,21,26)(H,22,28)/t13-,16-/m0/s1. The van der Waals surface area contributed by atoms with Gasteiger partial charge in [-0.15, -0.1) is 5.06 Å². The van der Waals surface area contributed by atoms with Gasteiger partial charge in [0.05, 0.1) is 0 Å². The first kappa shape index (κ1) is 25.4. The molecule has 10 nitrogen and oxygen atoms in total. The number of amides is 4. The highest BCUT2D eigenvalue weighted by atomic mass is 16.7. The molecule has 1 fully saturated rings. The number of carbonyl (C=O) groups is 5. The van der Waals surface area contributed by atoms with Gasteiger partial charge in [-0.25, -0.2) is 9.59 Å². The third-order valence-electron chi connectivity index (χ3n) is 4.12. The fourth-order valence-electron chi connectivity index (χ4n) is 2.73. The Balaban J connectivity index is 2.88. The lowest BCUT2D eigenvalue weighted by Crippen LogP contribution is -2.55. The molecule has 10 heteroatoms. The van der Waals surface area contributed by atoms with Gasteiger partial charge in [0.2, 0.25) is 5.91 Å². The predicted octanol–water partition coefficient (Wildman–Crippen LogP) is 1.67. The smallest absolute Gasteiger partial charge is 0.408 e. The van der Waals surface area contributed by atoms with Gasteiger partial charge in [0.25, 0.3) is 11.8 Å². The van der Waals surface area contributed by atoms with E-state index in [-0.39, 0.29) is 31.1 Å². The van der Waals surface area contributed by atoms with Crippen molar-refractivity contribution in [2.24, 2.45) is 11.8 Å². The fraction of sp³-hybridized carbons (Fsp3) is 0.750. The van der Waals surface area contributed by atoms with E-state index in [2.05, 4.69) is 10.6 Å². The molecule has 0 radical (unpaired) electrons. The van der Waals surface area contributed by atoms with Crippen molar-refractivity contribution in [2.75, 3.05) is 0 Å². The van der Waals surface area contributed by atoms with Crippen molar-refractivity contribution >= 4 is 29.8 Å². The molecule has 2 atom stereocenters. The summed E-state index contributed by atoms with van der Waals surface area (Å²) in [6.07, 6.45) is -0.587. The van der Waals surface area contributed by atoms with Gasteiger partial charge in [-0.2, -0.15) is 0 Å². The molecule has 170 valence electrons. The normalized spacial score (nSPS) is 16.5. The number of imide groups is 1. The second-order valence-electron chi connectivity index (χ2n) is 9.05. The maximum atomic E-state index is 12.8. The molecule has 0 aliphatic carbocycles. The molecule has 0 aromatic rings. The summed E-state index contributed by atoms with van der Waals surface area (Å²) in [6.45, 7) is 12.3. The molecule has 0 unspecified atom stereocenters. The largest absolute Gasteiger partial charge is 0.444 e. The van der Waals surface area contributed by atoms with Crippen LogP contribution in [0.4, 0.5) is 4.79 Å². The zero-order valence-corrected chi connectivity index (χ0v) is 18.7. The molecule has 1 aliphatic heterocycles. The van der Waals surface area contributed by atoms with Crippen LogP contribution in [0, 0.1) is 11.8 Å². The van der Waals surface area contributed by atoms with Crippen LogP contribution in [0.5, 0.6) is 0 Å². The van der Waals surface area contributed by atoms with Crippen LogP contribution in [0.3, 0.4) is 0 Å². The molecule has 1 heterocycles. The number of alkyl carbamates (subject to hydrolysis) is 1. The summed E-state index contributed by atoms with van der Waals surface area (Å²) in [5, 5.41) is 5.53. The lowest BCUT2D eigenvalue weighted by atomic mass is 10.0. The SMILES string of the molecule is CC(C)C[C@H](NC(=O)[C@@H](NC(=O)OC(C)(C)C)C(C)C)C(=O)ON1C(=O)CCC1=O. The van der Waals surface area contributed by atoms with E-state index in [0.717, 1.165) is 0 Å². The minimum atomic E-state index is -1.10. The van der Waals surface area contributed by atoms with Gasteiger partial charge in [0.1, 0.15) is 17.7 Å². The highest BCUT2D eigenvalue weighted by Gasteiger charge is 2.36. The molecular formula is C20H33N3O7. The van der Waals surface area contributed by atoms with Gasteiger partial charge < -0.3 is 20.2 Å². The summed E-state index contributed by atoms with van der Waals surface area (Å²) in [5.74, 6) is -3.01. The number of hydrogen-bond donors (Lipinski definition) is 2. The zero-order chi connectivity index (χ0) is 23.2. The van der Waals surface area contributed by atoms with Crippen LogP contribution in [0.15, 0.2) is 0 Å². The van der Waals surface area contributed by atoms with Crippen LogP contribution in [0.25, 0.3) is 0 Å². The Morgan fingerprint density at radius 3 is 1.97 bits per heavy atom. The zero-order valence-electron chi connectivity index (χ0n) is 18.7. The monoisotopic (exact) mass is 427 g/mol. The number of hydroxylamine groups is 2. The highest BCUT2D eigenvalue weighted by molar-refractivity contribution is 6.02. The first-order valence-corrected chi connectivity index (χ1v) is 10.1. The molecule has 0 saturated carbocycles. The van der Waals surface area contributed by atoms with Crippen LogP contribution in [-0.4, -0.2) is 52.5 Å². The van der Waals surface area contributed by atoms with Crippen molar-refractivity contribution in [3.63, 3.8) is 0 Å². The van der Waals surface area contributed by atoms with E-state index < -0.39 is 47.5 Å². The van der Waals surface area contributed by atoms with Crippen molar-refractivity contribution < 1.29 is 33.5 Å². The first-order valence-electron chi connectivity index (χ1n) is 10.1. The summed E-state index contributed by atoms with van der Waals surface area (Å²) in [6, 6.07) is -2.06. The molecule has 1 aliphatic rings. The Labute approximate surface area is 177 Å². The van der Waals surface area contributed by atoms with Crippen molar-refractivity contribution in [3.8, 4) is 0 Å². The summed E-state index contributed by atoms with van der Waals surface area (Å²) in [4.78, 5) is 65.8. The van der Waals surface area contributed by atoms with E-state index in [1.54, 1.807) is 34.6 Å². The Morgan fingerprint density at radius 1 is 1.00 bits per heavy atom. The van der Waals surface area contributed by atoms with Crippen molar-refractivity contribution in [1.29, 1.82) is 0 Å². The predicted molar refractivity (Wildman–Crippen MR) is 107 cm³/mol. The maximum Gasteiger partial charge on any atom is 0.408 e. The maximum absolute atomic E-state index is 12.8. The average molecular weight is 427 g/mol. The minimum Gasteiger partial charge on any atom is -0.444 e. The van der Waals surface area contributed by atoms with Gasteiger partial charge in [-0.3, -0.25) is 14.4 Å². The number of rotatable bonds is 8. The van der Waals surface area contributed by atoms with E-state index >= 15 is 0 Å². The van der Waals surface area contributed by atoms with Gasteiger partial charge in [0, 0.05) is 12.8 Å². The Bertz CT molecular complexity index is 666. The van der Waals surface area contributed by atoms with E-state index in [9.17, 15) is 24.0 Å². The first-order chi connectivity index (χ1) is 13.7. The van der Waals surface area contributed by atoms with Crippen LogP contribution in [-0.2, 0) is 28.8 Å². The number of carbonyl (C=O) groups excluding carboxylic acids is 5. The molecule has 2 N–H and O–H groups in total. The molecule has 0 aromatic heterocycles. The third-order valence-corrected chi connectivity index (χ3v) is 4.12. The van der Waals surface area contributed by atoms with Crippen LogP contribution >= 0.6 is 0 Å². The molecule has 1 rings (SSSR count). The van der Waals surface area contributed by atoms with E-state index in [4.69, 9.17) is 9.57 Å². The molecule has 1 saturated heterocycles. The number of nitrogens with one attached hydrogen (secondary N) is 2. The minimum absolute atomic E-state index is 0.00384. The summed E-state index contributed by atoms with van der Waals surface area (Å²) < 4.78 is 5.19. The van der Waals surface area contributed by atoms with Gasteiger partial charge in [0.15, 0.2) is 0 Å². The Kier molecular flexibility index (Phi) is 8.80. The number of nitrogens with zero attached hydrogens (tertiary/aromatic N) is 1. The lowest BCUT2D eigenvalue weighted by molar-refractivity contribution is -0.199. The second-order valence-corrected chi connectivity index (χ2v) is 9.05. The topological polar surface area (TPSA) is 131 Å². The highest BCUT2D eigenvalue weighted by Crippen LogP contribution is 2.15. The molecule has 0 spiro atoms. The Morgan fingerprint density at radius 2 is 1.53 bits per heavy atom. The lowest BCUT2D eigenvalue weighted by Gasteiger charge is -2.27. The van der Waals surface area contributed by atoms with Gasteiger partial charge in [-0.05, 0) is 39.0 Å². The van der Waals surface area contributed by atoms with E-state index in [0.29, 0.717) is 5.06 Å². The molecule has 4 amide bonds. The molecule has 30 heavy (non-hydrogen) atoms. The summed E-state index contributed by atoms with van der Waals surface area (Å²) in [7, 11) is 0. The van der Waals surface area contributed by atoms with Crippen molar-refractivity contribution in [1.82, 2.24) is 15.7 Å². The summed E-state index contributed by atoms with van der Waals surface area (Å²) in [5.41, 5.74) is -0.735. The van der Waals surface area contributed by atoms with E-state index in [1.165, 1.54) is 0 Å². The van der Waals surface area contributed by atoms with Crippen LogP contribution in [0.2, 0.25) is 0 Å².